The number of carbonyl (C=O) groups excluding carboxylic acids is 1. The Balaban J connectivity index is 1.40. The lowest BCUT2D eigenvalue weighted by molar-refractivity contribution is -0.154. The van der Waals surface area contributed by atoms with E-state index in [0.717, 1.165) is 17.7 Å². The second-order valence-corrected chi connectivity index (χ2v) is 9.21. The highest BCUT2D eigenvalue weighted by Crippen LogP contribution is 2.36. The number of aryl methyl sites for hydroxylation is 2. The summed E-state index contributed by atoms with van der Waals surface area (Å²) in [5.74, 6) is 0.407. The quantitative estimate of drug-likeness (QED) is 0.227. The predicted molar refractivity (Wildman–Crippen MR) is 147 cm³/mol. The number of ether oxygens (including phenoxy) is 4. The first-order chi connectivity index (χ1) is 18.0. The Morgan fingerprint density at radius 1 is 0.865 bits per heavy atom. The largest absolute Gasteiger partial charge is 0.491 e. The van der Waals surface area contributed by atoms with E-state index in [1.54, 1.807) is 6.92 Å². The third-order valence-corrected chi connectivity index (χ3v) is 6.62. The molecule has 194 valence electrons. The van der Waals surface area contributed by atoms with Crippen molar-refractivity contribution in [3.63, 3.8) is 0 Å². The second-order valence-electron chi connectivity index (χ2n) is 9.21. The van der Waals surface area contributed by atoms with Crippen LogP contribution in [-0.4, -0.2) is 39.0 Å². The molecule has 5 nitrogen and oxygen atoms in total. The molecule has 5 heteroatoms. The van der Waals surface area contributed by atoms with Crippen molar-refractivity contribution in [3.05, 3.63) is 99.6 Å². The molecule has 3 aromatic rings. The number of carbonyl (C=O) groups is 1. The predicted octanol–water partition coefficient (Wildman–Crippen LogP) is 6.35. The van der Waals surface area contributed by atoms with Gasteiger partial charge in [0.15, 0.2) is 6.10 Å². The summed E-state index contributed by atoms with van der Waals surface area (Å²) in [4.78, 5) is 12.0. The van der Waals surface area contributed by atoms with E-state index in [0.29, 0.717) is 26.2 Å². The topological polar surface area (TPSA) is 54.0 Å². The van der Waals surface area contributed by atoms with Crippen LogP contribution in [0.25, 0.3) is 12.2 Å². The van der Waals surface area contributed by atoms with Gasteiger partial charge in [-0.3, -0.25) is 0 Å². The summed E-state index contributed by atoms with van der Waals surface area (Å²) in [6, 6.07) is 20.9. The maximum atomic E-state index is 12.0. The maximum Gasteiger partial charge on any atom is 0.335 e. The monoisotopic (exact) mass is 500 g/mol. The van der Waals surface area contributed by atoms with E-state index < -0.39 is 6.10 Å². The lowest BCUT2D eigenvalue weighted by atomic mass is 9.94. The smallest absolute Gasteiger partial charge is 0.335 e. The zero-order valence-corrected chi connectivity index (χ0v) is 22.2. The van der Waals surface area contributed by atoms with Crippen LogP contribution < -0.4 is 4.74 Å². The minimum absolute atomic E-state index is 0.161. The molecule has 1 aliphatic rings. The van der Waals surface area contributed by atoms with Gasteiger partial charge in [0.2, 0.25) is 0 Å². The minimum Gasteiger partial charge on any atom is -0.491 e. The van der Waals surface area contributed by atoms with Crippen LogP contribution >= 0.6 is 0 Å². The fourth-order valence-corrected chi connectivity index (χ4v) is 4.59. The molecule has 0 spiro atoms. The van der Waals surface area contributed by atoms with Crippen LogP contribution in [0.2, 0.25) is 0 Å². The van der Waals surface area contributed by atoms with Crippen molar-refractivity contribution in [1.29, 1.82) is 0 Å². The molecule has 0 aliphatic heterocycles. The summed E-state index contributed by atoms with van der Waals surface area (Å²) in [5.41, 5.74) is 8.24. The molecule has 0 radical (unpaired) electrons. The van der Waals surface area contributed by atoms with E-state index in [4.69, 9.17) is 18.9 Å². The number of hydrogen-bond donors (Lipinski definition) is 0. The molecule has 0 amide bonds. The molecular formula is C32H36O5. The van der Waals surface area contributed by atoms with E-state index in [2.05, 4.69) is 62.4 Å². The van der Waals surface area contributed by atoms with Crippen LogP contribution in [0.5, 0.6) is 5.75 Å². The van der Waals surface area contributed by atoms with Gasteiger partial charge in [0.1, 0.15) is 18.5 Å². The lowest BCUT2D eigenvalue weighted by Crippen LogP contribution is -2.27. The number of benzene rings is 3. The minimum atomic E-state index is -0.614. The molecule has 0 bridgehead atoms. The summed E-state index contributed by atoms with van der Waals surface area (Å²) in [6.07, 6.45) is 5.06. The second kappa shape index (κ2) is 12.7. The zero-order chi connectivity index (χ0) is 26.2. The van der Waals surface area contributed by atoms with Crippen molar-refractivity contribution in [3.8, 4) is 5.75 Å². The van der Waals surface area contributed by atoms with Gasteiger partial charge >= 0.3 is 5.97 Å². The molecule has 2 atom stereocenters. The average Bonchev–Trinajstić information content (AvgIpc) is 3.06. The van der Waals surface area contributed by atoms with Crippen molar-refractivity contribution >= 4 is 18.1 Å². The fraction of sp³-hybridized carbons (Fsp3) is 0.344. The summed E-state index contributed by atoms with van der Waals surface area (Å²) >= 11 is 0. The highest BCUT2D eigenvalue weighted by atomic mass is 16.6. The normalized spacial score (nSPS) is 14.9. The highest BCUT2D eigenvalue weighted by Gasteiger charge is 2.23. The number of rotatable bonds is 11. The van der Waals surface area contributed by atoms with Crippen LogP contribution in [0.15, 0.2) is 60.7 Å². The molecule has 0 N–H and O–H groups in total. The van der Waals surface area contributed by atoms with E-state index in [9.17, 15) is 4.79 Å². The Bertz CT molecular complexity index is 1230. The number of esters is 1. The van der Waals surface area contributed by atoms with E-state index >= 15 is 0 Å². The molecule has 0 saturated heterocycles. The van der Waals surface area contributed by atoms with Gasteiger partial charge in [-0.05, 0) is 65.8 Å². The zero-order valence-electron chi connectivity index (χ0n) is 22.2. The molecule has 0 saturated carbocycles. The summed E-state index contributed by atoms with van der Waals surface area (Å²) < 4.78 is 22.8. The first-order valence-electron chi connectivity index (χ1n) is 13.0. The van der Waals surface area contributed by atoms with Crippen molar-refractivity contribution in [1.82, 2.24) is 0 Å². The SMILES string of the molecule is CCOC(=O)C(Cc1ccc(OCCOC2c3ccc(CC)cc3C=Cc3ccc(C)cc32)cc1)OC. The van der Waals surface area contributed by atoms with Crippen molar-refractivity contribution < 1.29 is 23.7 Å². The van der Waals surface area contributed by atoms with Crippen molar-refractivity contribution in [2.75, 3.05) is 26.9 Å². The van der Waals surface area contributed by atoms with Crippen LogP contribution in [0.1, 0.15) is 58.9 Å². The van der Waals surface area contributed by atoms with Gasteiger partial charge in [-0.15, -0.1) is 0 Å². The first-order valence-corrected chi connectivity index (χ1v) is 13.0. The molecule has 2 unspecified atom stereocenters. The van der Waals surface area contributed by atoms with Gasteiger partial charge in [0.25, 0.3) is 0 Å². The van der Waals surface area contributed by atoms with Crippen LogP contribution in [0.3, 0.4) is 0 Å². The Morgan fingerprint density at radius 2 is 1.62 bits per heavy atom. The molecule has 0 fully saturated rings. The summed E-state index contributed by atoms with van der Waals surface area (Å²) in [7, 11) is 1.52. The third kappa shape index (κ3) is 6.68. The first kappa shape index (κ1) is 26.6. The standard InChI is InChI=1S/C32H36O5/c1-5-23-10-16-28-26(20-23)13-12-25-11-7-22(3)19-29(25)31(28)37-18-17-36-27-14-8-24(9-15-27)21-30(34-4)32(33)35-6-2/h7-16,19-20,30-31H,5-6,17-18,21H2,1-4H3. The Hall–Kier alpha value is -3.41. The number of methoxy groups -OCH3 is 1. The van der Waals surface area contributed by atoms with Gasteiger partial charge < -0.3 is 18.9 Å². The average molecular weight is 501 g/mol. The van der Waals surface area contributed by atoms with E-state index in [1.807, 2.05) is 24.3 Å². The number of hydrogen-bond acceptors (Lipinski definition) is 5. The van der Waals surface area contributed by atoms with Gasteiger partial charge in [-0.1, -0.05) is 73.2 Å². The molecule has 0 heterocycles. The lowest BCUT2D eigenvalue weighted by Gasteiger charge is -2.22. The number of fused-ring (bicyclic) bond motifs is 2. The third-order valence-electron chi connectivity index (χ3n) is 6.62. The van der Waals surface area contributed by atoms with Gasteiger partial charge in [0.05, 0.1) is 13.2 Å². The molecular weight excluding hydrogens is 464 g/mol. The maximum absolute atomic E-state index is 12.0. The van der Waals surface area contributed by atoms with Crippen LogP contribution in [-0.2, 0) is 31.8 Å². The van der Waals surface area contributed by atoms with Crippen molar-refractivity contribution in [2.45, 2.75) is 45.8 Å². The van der Waals surface area contributed by atoms with E-state index in [-0.39, 0.29) is 12.1 Å². The van der Waals surface area contributed by atoms with Crippen LogP contribution in [0, 0.1) is 6.92 Å². The Morgan fingerprint density at radius 3 is 2.35 bits per heavy atom. The molecule has 3 aromatic carbocycles. The van der Waals surface area contributed by atoms with E-state index in [1.165, 1.54) is 40.5 Å². The molecule has 4 rings (SSSR count). The Kier molecular flexibility index (Phi) is 9.15. The molecule has 1 aliphatic carbocycles. The summed E-state index contributed by atoms with van der Waals surface area (Å²) in [6.45, 7) is 7.28. The van der Waals surface area contributed by atoms with Crippen molar-refractivity contribution in [2.24, 2.45) is 0 Å². The molecule has 0 aromatic heterocycles. The highest BCUT2D eigenvalue weighted by molar-refractivity contribution is 5.77. The Labute approximate surface area is 220 Å². The van der Waals surface area contributed by atoms with Crippen LogP contribution in [0.4, 0.5) is 0 Å². The van der Waals surface area contributed by atoms with Gasteiger partial charge in [-0.2, -0.15) is 0 Å². The van der Waals surface area contributed by atoms with Gasteiger partial charge in [0, 0.05) is 13.5 Å². The molecule has 37 heavy (non-hydrogen) atoms. The summed E-state index contributed by atoms with van der Waals surface area (Å²) in [5, 5.41) is 0. The fourth-order valence-electron chi connectivity index (χ4n) is 4.59. The van der Waals surface area contributed by atoms with Gasteiger partial charge in [-0.25, -0.2) is 4.79 Å².